The summed E-state index contributed by atoms with van der Waals surface area (Å²) in [5, 5.41) is 3.35. The molecule has 1 saturated heterocycles. The molecule has 1 heterocycles. The van der Waals surface area contributed by atoms with Crippen LogP contribution >= 0.6 is 11.6 Å². The first-order valence-corrected chi connectivity index (χ1v) is 8.90. The molecule has 21 heavy (non-hydrogen) atoms. The Morgan fingerprint density at radius 3 is 2.76 bits per heavy atom. The molecule has 0 bridgehead atoms. The molecule has 1 fully saturated rings. The summed E-state index contributed by atoms with van der Waals surface area (Å²) in [5.74, 6) is 0.373. The van der Waals surface area contributed by atoms with Gasteiger partial charge in [0.25, 0.3) is 5.91 Å². The van der Waals surface area contributed by atoms with Gasteiger partial charge in [-0.2, -0.15) is 0 Å². The van der Waals surface area contributed by atoms with Crippen molar-refractivity contribution in [1.82, 2.24) is 5.32 Å². The molecule has 0 aromatic heterocycles. The van der Waals surface area contributed by atoms with E-state index in [1.54, 1.807) is 25.1 Å². The SMILES string of the molecule is Cc1cc(OC(C)C(=O)NC2CCS(=O)(=O)C2)ccc1Cl. The smallest absolute Gasteiger partial charge is 0.261 e. The number of rotatable bonds is 4. The molecule has 5 nitrogen and oxygen atoms in total. The van der Waals surface area contributed by atoms with Crippen LogP contribution in [0.25, 0.3) is 0 Å². The molecular weight excluding hydrogens is 314 g/mol. The number of nitrogens with one attached hydrogen (secondary N) is 1. The molecule has 2 atom stereocenters. The van der Waals surface area contributed by atoms with Crippen molar-refractivity contribution in [2.75, 3.05) is 11.5 Å². The summed E-state index contributed by atoms with van der Waals surface area (Å²) in [6, 6.07) is 4.84. The van der Waals surface area contributed by atoms with E-state index in [0.717, 1.165) is 5.56 Å². The van der Waals surface area contributed by atoms with Gasteiger partial charge in [0.1, 0.15) is 5.75 Å². The van der Waals surface area contributed by atoms with Crippen molar-refractivity contribution < 1.29 is 17.9 Å². The highest BCUT2D eigenvalue weighted by Crippen LogP contribution is 2.22. The molecule has 2 rings (SSSR count). The van der Waals surface area contributed by atoms with Crippen LogP contribution in [0.5, 0.6) is 5.75 Å². The lowest BCUT2D eigenvalue weighted by Crippen LogP contribution is -2.43. The number of sulfone groups is 1. The molecule has 0 saturated carbocycles. The molecule has 0 radical (unpaired) electrons. The fourth-order valence-electron chi connectivity index (χ4n) is 2.18. The molecule has 116 valence electrons. The molecular formula is C14H18ClNO4S. The summed E-state index contributed by atoms with van der Waals surface area (Å²) in [6.45, 7) is 3.48. The Labute approximate surface area is 129 Å². The molecule has 7 heteroatoms. The van der Waals surface area contributed by atoms with E-state index < -0.39 is 15.9 Å². The number of hydrogen-bond donors (Lipinski definition) is 1. The number of carbonyl (C=O) groups is 1. The molecule has 0 aliphatic carbocycles. The van der Waals surface area contributed by atoms with Crippen molar-refractivity contribution in [3.8, 4) is 5.75 Å². The molecule has 2 unspecified atom stereocenters. The largest absolute Gasteiger partial charge is 0.481 e. The Balaban J connectivity index is 1.92. The summed E-state index contributed by atoms with van der Waals surface area (Å²) < 4.78 is 28.3. The van der Waals surface area contributed by atoms with Crippen molar-refractivity contribution in [3.63, 3.8) is 0 Å². The second-order valence-electron chi connectivity index (χ2n) is 5.28. The van der Waals surface area contributed by atoms with Crippen LogP contribution in [0.2, 0.25) is 5.02 Å². The van der Waals surface area contributed by atoms with E-state index in [2.05, 4.69) is 5.32 Å². The standard InChI is InChI=1S/C14H18ClNO4S/c1-9-7-12(3-4-13(9)15)20-10(2)14(17)16-11-5-6-21(18,19)8-11/h3-4,7,10-11H,5-6,8H2,1-2H3,(H,16,17). The van der Waals surface area contributed by atoms with E-state index in [-0.39, 0.29) is 23.5 Å². The third kappa shape index (κ3) is 4.35. The van der Waals surface area contributed by atoms with Gasteiger partial charge in [0.05, 0.1) is 11.5 Å². The van der Waals surface area contributed by atoms with Crippen LogP contribution in [-0.2, 0) is 14.6 Å². The van der Waals surface area contributed by atoms with E-state index in [0.29, 0.717) is 17.2 Å². The molecule has 1 amide bonds. The highest BCUT2D eigenvalue weighted by atomic mass is 35.5. The molecule has 0 spiro atoms. The summed E-state index contributed by atoms with van der Waals surface area (Å²) in [7, 11) is -3.01. The molecule has 1 aromatic rings. The average Bonchev–Trinajstić information content (AvgIpc) is 2.73. The number of hydrogen-bond acceptors (Lipinski definition) is 4. The number of halogens is 1. The van der Waals surface area contributed by atoms with Crippen LogP contribution in [0.15, 0.2) is 18.2 Å². The van der Waals surface area contributed by atoms with E-state index in [9.17, 15) is 13.2 Å². The number of ether oxygens (including phenoxy) is 1. The van der Waals surface area contributed by atoms with Gasteiger partial charge >= 0.3 is 0 Å². The Morgan fingerprint density at radius 1 is 1.48 bits per heavy atom. The zero-order valence-corrected chi connectivity index (χ0v) is 13.5. The van der Waals surface area contributed by atoms with Crippen molar-refractivity contribution in [1.29, 1.82) is 0 Å². The quantitative estimate of drug-likeness (QED) is 0.911. The van der Waals surface area contributed by atoms with Gasteiger partial charge in [-0.15, -0.1) is 0 Å². The van der Waals surface area contributed by atoms with Crippen molar-refractivity contribution in [2.45, 2.75) is 32.4 Å². The second kappa shape index (κ2) is 6.23. The minimum absolute atomic E-state index is 0.00547. The number of amides is 1. The summed E-state index contributed by atoms with van der Waals surface area (Å²) >= 11 is 5.93. The van der Waals surface area contributed by atoms with Crippen LogP contribution in [0.3, 0.4) is 0 Å². The zero-order valence-electron chi connectivity index (χ0n) is 11.9. The Bertz CT molecular complexity index is 644. The summed E-state index contributed by atoms with van der Waals surface area (Å²) in [5.41, 5.74) is 0.865. The van der Waals surface area contributed by atoms with Crippen LogP contribution in [0, 0.1) is 6.92 Å². The first-order valence-electron chi connectivity index (χ1n) is 6.70. The number of aryl methyl sites for hydroxylation is 1. The monoisotopic (exact) mass is 331 g/mol. The maximum Gasteiger partial charge on any atom is 0.261 e. The van der Waals surface area contributed by atoms with Gasteiger partial charge in [0, 0.05) is 11.1 Å². The van der Waals surface area contributed by atoms with E-state index in [1.807, 2.05) is 6.92 Å². The van der Waals surface area contributed by atoms with Gasteiger partial charge in [-0.25, -0.2) is 8.42 Å². The topological polar surface area (TPSA) is 72.5 Å². The Hall–Kier alpha value is -1.27. The van der Waals surface area contributed by atoms with Crippen molar-refractivity contribution in [3.05, 3.63) is 28.8 Å². The zero-order chi connectivity index (χ0) is 15.6. The minimum Gasteiger partial charge on any atom is -0.481 e. The summed E-state index contributed by atoms with van der Waals surface area (Å²) in [4.78, 5) is 12.0. The second-order valence-corrected chi connectivity index (χ2v) is 7.92. The lowest BCUT2D eigenvalue weighted by molar-refractivity contribution is -0.127. The van der Waals surface area contributed by atoms with Gasteiger partial charge in [-0.05, 0) is 44.0 Å². The first-order chi connectivity index (χ1) is 9.77. The van der Waals surface area contributed by atoms with Gasteiger partial charge in [0.2, 0.25) is 0 Å². The highest BCUT2D eigenvalue weighted by molar-refractivity contribution is 7.91. The van der Waals surface area contributed by atoms with Gasteiger partial charge in [-0.1, -0.05) is 11.6 Å². The normalized spacial score (nSPS) is 21.8. The highest BCUT2D eigenvalue weighted by Gasteiger charge is 2.30. The van der Waals surface area contributed by atoms with Gasteiger partial charge < -0.3 is 10.1 Å². The fraction of sp³-hybridized carbons (Fsp3) is 0.500. The predicted octanol–water partition coefficient (Wildman–Crippen LogP) is 1.72. The Morgan fingerprint density at radius 2 is 2.19 bits per heavy atom. The van der Waals surface area contributed by atoms with Crippen LogP contribution < -0.4 is 10.1 Å². The third-order valence-electron chi connectivity index (χ3n) is 3.39. The molecule has 1 aromatic carbocycles. The van der Waals surface area contributed by atoms with E-state index >= 15 is 0 Å². The van der Waals surface area contributed by atoms with Crippen molar-refractivity contribution >= 4 is 27.3 Å². The average molecular weight is 332 g/mol. The third-order valence-corrected chi connectivity index (χ3v) is 5.58. The summed E-state index contributed by atoms with van der Waals surface area (Å²) in [6.07, 6.45) is -0.241. The number of carbonyl (C=O) groups excluding carboxylic acids is 1. The minimum atomic E-state index is -3.01. The molecule has 1 aliphatic rings. The van der Waals surface area contributed by atoms with Gasteiger partial charge in [0.15, 0.2) is 15.9 Å². The fourth-order valence-corrected chi connectivity index (χ4v) is 3.97. The first kappa shape index (κ1) is 16.1. The lowest BCUT2D eigenvalue weighted by atomic mass is 10.2. The van der Waals surface area contributed by atoms with Crippen molar-refractivity contribution in [2.24, 2.45) is 0 Å². The van der Waals surface area contributed by atoms with Gasteiger partial charge in [-0.3, -0.25) is 4.79 Å². The predicted molar refractivity (Wildman–Crippen MR) is 81.5 cm³/mol. The van der Waals surface area contributed by atoms with Crippen LogP contribution in [0.4, 0.5) is 0 Å². The maximum absolute atomic E-state index is 12.0. The maximum atomic E-state index is 12.0. The molecule has 1 N–H and O–H groups in total. The Kier molecular flexibility index (Phi) is 4.78. The lowest BCUT2D eigenvalue weighted by Gasteiger charge is -2.17. The number of benzene rings is 1. The van der Waals surface area contributed by atoms with Crippen LogP contribution in [0.1, 0.15) is 18.9 Å². The van der Waals surface area contributed by atoms with E-state index in [1.165, 1.54) is 0 Å². The van der Waals surface area contributed by atoms with E-state index in [4.69, 9.17) is 16.3 Å². The molecule has 1 aliphatic heterocycles. The van der Waals surface area contributed by atoms with Crippen LogP contribution in [-0.4, -0.2) is 38.0 Å².